The molecule has 0 aliphatic heterocycles. The summed E-state index contributed by atoms with van der Waals surface area (Å²) in [5.74, 6) is 1.56. The summed E-state index contributed by atoms with van der Waals surface area (Å²) >= 11 is 3.50. The van der Waals surface area contributed by atoms with Crippen LogP contribution in [0.2, 0.25) is 0 Å². The average molecular weight is 329 g/mol. The number of nitrogens with zero attached hydrogens (tertiary/aromatic N) is 1. The van der Waals surface area contributed by atoms with Crippen LogP contribution in [0.3, 0.4) is 0 Å². The molecule has 0 unspecified atom stereocenters. The van der Waals surface area contributed by atoms with E-state index in [4.69, 9.17) is 10.5 Å². The molecule has 0 amide bonds. The van der Waals surface area contributed by atoms with Gasteiger partial charge in [-0.1, -0.05) is 28.1 Å². The SMILES string of the molecule is NCc1ccc(Oc2cccc3ncccc23)cc1Br. The van der Waals surface area contributed by atoms with E-state index in [-0.39, 0.29) is 0 Å². The molecule has 0 bridgehead atoms. The fraction of sp³-hybridized carbons (Fsp3) is 0.0625. The van der Waals surface area contributed by atoms with Gasteiger partial charge in [-0.2, -0.15) is 0 Å². The molecule has 0 spiro atoms. The number of fused-ring (bicyclic) bond motifs is 1. The lowest BCUT2D eigenvalue weighted by molar-refractivity contribution is 0.487. The molecule has 2 N–H and O–H groups in total. The standard InChI is InChI=1S/C16H13BrN2O/c17-14-9-12(7-6-11(14)10-18)20-16-5-1-4-15-13(16)3-2-8-19-15/h1-9H,10,18H2. The van der Waals surface area contributed by atoms with E-state index in [0.717, 1.165) is 32.4 Å². The molecule has 1 aromatic heterocycles. The molecule has 0 fully saturated rings. The molecule has 100 valence electrons. The van der Waals surface area contributed by atoms with E-state index in [1.165, 1.54) is 0 Å². The van der Waals surface area contributed by atoms with E-state index < -0.39 is 0 Å². The fourth-order valence-corrected chi connectivity index (χ4v) is 2.57. The molecule has 20 heavy (non-hydrogen) atoms. The highest BCUT2D eigenvalue weighted by Crippen LogP contribution is 2.31. The van der Waals surface area contributed by atoms with Crippen molar-refractivity contribution in [1.29, 1.82) is 0 Å². The number of hydrogen-bond acceptors (Lipinski definition) is 3. The summed E-state index contributed by atoms with van der Waals surface area (Å²) in [6, 6.07) is 15.6. The van der Waals surface area contributed by atoms with Crippen LogP contribution < -0.4 is 10.5 Å². The number of hydrogen-bond donors (Lipinski definition) is 1. The van der Waals surface area contributed by atoms with Crippen molar-refractivity contribution in [3.8, 4) is 11.5 Å². The maximum absolute atomic E-state index is 5.96. The maximum Gasteiger partial charge on any atom is 0.136 e. The predicted octanol–water partition coefficient (Wildman–Crippen LogP) is 4.25. The first kappa shape index (κ1) is 13.1. The molecule has 2 aromatic carbocycles. The average Bonchev–Trinajstić information content (AvgIpc) is 2.48. The number of benzene rings is 2. The molecule has 3 aromatic rings. The molecule has 4 heteroatoms. The Balaban J connectivity index is 1.99. The van der Waals surface area contributed by atoms with Gasteiger partial charge >= 0.3 is 0 Å². The van der Waals surface area contributed by atoms with Gasteiger partial charge in [0.1, 0.15) is 11.5 Å². The highest BCUT2D eigenvalue weighted by atomic mass is 79.9. The van der Waals surface area contributed by atoms with Crippen LogP contribution in [0, 0.1) is 0 Å². The number of halogens is 1. The van der Waals surface area contributed by atoms with E-state index >= 15 is 0 Å². The van der Waals surface area contributed by atoms with Gasteiger partial charge in [-0.25, -0.2) is 0 Å². The van der Waals surface area contributed by atoms with E-state index in [1.54, 1.807) is 6.20 Å². The first-order valence-electron chi connectivity index (χ1n) is 6.28. The van der Waals surface area contributed by atoms with Gasteiger partial charge in [0.2, 0.25) is 0 Å². The van der Waals surface area contributed by atoms with Crippen LogP contribution in [0.4, 0.5) is 0 Å². The van der Waals surface area contributed by atoms with Crippen molar-refractivity contribution < 1.29 is 4.74 Å². The van der Waals surface area contributed by atoms with E-state index in [9.17, 15) is 0 Å². The monoisotopic (exact) mass is 328 g/mol. The Bertz CT molecular complexity index is 753. The zero-order chi connectivity index (χ0) is 13.9. The summed E-state index contributed by atoms with van der Waals surface area (Å²) in [5.41, 5.74) is 7.62. The third-order valence-electron chi connectivity index (χ3n) is 3.08. The topological polar surface area (TPSA) is 48.1 Å². The normalized spacial score (nSPS) is 10.7. The Kier molecular flexibility index (Phi) is 3.67. The van der Waals surface area contributed by atoms with Crippen molar-refractivity contribution in [2.45, 2.75) is 6.54 Å². The van der Waals surface area contributed by atoms with Gasteiger partial charge in [0, 0.05) is 22.6 Å². The van der Waals surface area contributed by atoms with Crippen molar-refractivity contribution in [3.63, 3.8) is 0 Å². The van der Waals surface area contributed by atoms with Crippen molar-refractivity contribution in [1.82, 2.24) is 4.98 Å². The van der Waals surface area contributed by atoms with Crippen molar-refractivity contribution in [2.24, 2.45) is 5.73 Å². The molecular formula is C16H13BrN2O. The second-order valence-electron chi connectivity index (χ2n) is 4.39. The third kappa shape index (κ3) is 2.53. The summed E-state index contributed by atoms with van der Waals surface area (Å²) in [4.78, 5) is 4.32. The van der Waals surface area contributed by atoms with Crippen LogP contribution in [0.5, 0.6) is 11.5 Å². The Morgan fingerprint density at radius 3 is 2.80 bits per heavy atom. The lowest BCUT2D eigenvalue weighted by Crippen LogP contribution is -1.97. The van der Waals surface area contributed by atoms with Gasteiger partial charge in [0.25, 0.3) is 0 Å². The number of pyridine rings is 1. The molecular weight excluding hydrogens is 316 g/mol. The second-order valence-corrected chi connectivity index (χ2v) is 5.24. The van der Waals surface area contributed by atoms with Crippen LogP contribution in [-0.2, 0) is 6.54 Å². The van der Waals surface area contributed by atoms with Gasteiger partial charge < -0.3 is 10.5 Å². The Labute approximate surface area is 125 Å². The minimum absolute atomic E-state index is 0.499. The number of nitrogens with two attached hydrogens (primary N) is 1. The second kappa shape index (κ2) is 5.61. The molecule has 3 nitrogen and oxygen atoms in total. The molecule has 0 radical (unpaired) electrons. The van der Waals surface area contributed by atoms with Crippen LogP contribution in [0.15, 0.2) is 59.2 Å². The Morgan fingerprint density at radius 1 is 1.10 bits per heavy atom. The smallest absolute Gasteiger partial charge is 0.136 e. The molecule has 0 saturated carbocycles. The third-order valence-corrected chi connectivity index (χ3v) is 3.82. The van der Waals surface area contributed by atoms with Gasteiger partial charge in [-0.3, -0.25) is 4.98 Å². The minimum atomic E-state index is 0.499. The molecule has 0 saturated heterocycles. The summed E-state index contributed by atoms with van der Waals surface area (Å²) in [6.07, 6.45) is 1.78. The van der Waals surface area contributed by atoms with E-state index in [2.05, 4.69) is 20.9 Å². The van der Waals surface area contributed by atoms with Gasteiger partial charge in [-0.15, -0.1) is 0 Å². The molecule has 0 aliphatic carbocycles. The number of ether oxygens (including phenoxy) is 1. The highest BCUT2D eigenvalue weighted by Gasteiger charge is 2.05. The summed E-state index contributed by atoms with van der Waals surface area (Å²) in [7, 11) is 0. The zero-order valence-electron chi connectivity index (χ0n) is 10.7. The van der Waals surface area contributed by atoms with Crippen LogP contribution >= 0.6 is 15.9 Å². The van der Waals surface area contributed by atoms with Crippen molar-refractivity contribution in [3.05, 3.63) is 64.8 Å². The minimum Gasteiger partial charge on any atom is -0.457 e. The van der Waals surface area contributed by atoms with Crippen molar-refractivity contribution >= 4 is 26.8 Å². The van der Waals surface area contributed by atoms with Crippen LogP contribution in [-0.4, -0.2) is 4.98 Å². The molecule has 0 atom stereocenters. The Morgan fingerprint density at radius 2 is 2.00 bits per heavy atom. The maximum atomic E-state index is 5.96. The van der Waals surface area contributed by atoms with Gasteiger partial charge in [0.15, 0.2) is 0 Å². The highest BCUT2D eigenvalue weighted by molar-refractivity contribution is 9.10. The lowest BCUT2D eigenvalue weighted by Gasteiger charge is -2.10. The van der Waals surface area contributed by atoms with Gasteiger partial charge in [0.05, 0.1) is 5.52 Å². The van der Waals surface area contributed by atoms with Gasteiger partial charge in [-0.05, 0) is 42.0 Å². The largest absolute Gasteiger partial charge is 0.457 e. The summed E-state index contributed by atoms with van der Waals surface area (Å²) in [5, 5.41) is 0.994. The predicted molar refractivity (Wildman–Crippen MR) is 83.9 cm³/mol. The summed E-state index contributed by atoms with van der Waals surface area (Å²) in [6.45, 7) is 0.499. The molecule has 0 aliphatic rings. The fourth-order valence-electron chi connectivity index (χ4n) is 2.05. The quantitative estimate of drug-likeness (QED) is 0.781. The molecule has 1 heterocycles. The molecule has 3 rings (SSSR count). The lowest BCUT2D eigenvalue weighted by atomic mass is 10.2. The van der Waals surface area contributed by atoms with Crippen LogP contribution in [0.25, 0.3) is 10.9 Å². The van der Waals surface area contributed by atoms with Crippen LogP contribution in [0.1, 0.15) is 5.56 Å². The van der Waals surface area contributed by atoms with E-state index in [0.29, 0.717) is 6.54 Å². The first-order chi connectivity index (χ1) is 9.78. The summed E-state index contributed by atoms with van der Waals surface area (Å²) < 4.78 is 6.92. The van der Waals surface area contributed by atoms with Crippen molar-refractivity contribution in [2.75, 3.05) is 0 Å². The Hall–Kier alpha value is -1.91. The zero-order valence-corrected chi connectivity index (χ0v) is 12.3. The first-order valence-corrected chi connectivity index (χ1v) is 7.07. The number of rotatable bonds is 3. The van der Waals surface area contributed by atoms with E-state index in [1.807, 2.05) is 48.5 Å². The number of aromatic nitrogens is 1.